The van der Waals surface area contributed by atoms with Gasteiger partial charge in [0.15, 0.2) is 0 Å². The van der Waals surface area contributed by atoms with E-state index in [0.717, 1.165) is 5.56 Å². The van der Waals surface area contributed by atoms with E-state index in [2.05, 4.69) is 5.32 Å². The Bertz CT molecular complexity index is 254. The van der Waals surface area contributed by atoms with Gasteiger partial charge in [0.1, 0.15) is 0 Å². The topological polar surface area (TPSA) is 51.5 Å². The van der Waals surface area contributed by atoms with Crippen LogP contribution >= 0.6 is 0 Å². The number of carbonyl (C=O) groups excluding carboxylic acids is 1. The van der Waals surface area contributed by atoms with Crippen molar-refractivity contribution < 1.29 is 13.9 Å². The number of nitrogens with one attached hydrogen (secondary N) is 1. The van der Waals surface area contributed by atoms with Crippen molar-refractivity contribution >= 4 is 6.09 Å². The molecule has 0 saturated heterocycles. The van der Waals surface area contributed by atoms with Gasteiger partial charge >= 0.3 is 6.09 Å². The summed E-state index contributed by atoms with van der Waals surface area (Å²) in [6.45, 7) is 4.04. The fraction of sp³-hybridized carbons (Fsp3) is 0.444. The predicted molar refractivity (Wildman–Crippen MR) is 47.2 cm³/mol. The molecule has 0 aromatic carbocycles. The van der Waals surface area contributed by atoms with Crippen LogP contribution in [0.25, 0.3) is 0 Å². The molecule has 13 heavy (non-hydrogen) atoms. The van der Waals surface area contributed by atoms with E-state index in [-0.39, 0.29) is 6.10 Å². The smallest absolute Gasteiger partial charge is 0.407 e. The Morgan fingerprint density at radius 2 is 2.46 bits per heavy atom. The van der Waals surface area contributed by atoms with Gasteiger partial charge in [-0.3, -0.25) is 0 Å². The van der Waals surface area contributed by atoms with Crippen LogP contribution in [0.3, 0.4) is 0 Å². The summed E-state index contributed by atoms with van der Waals surface area (Å²) in [4.78, 5) is 11.0. The quantitative estimate of drug-likeness (QED) is 0.778. The normalized spacial score (nSPS) is 10.1. The maximum Gasteiger partial charge on any atom is 0.407 e. The summed E-state index contributed by atoms with van der Waals surface area (Å²) in [6.07, 6.45) is 2.64. The highest BCUT2D eigenvalue weighted by Gasteiger charge is 2.03. The summed E-state index contributed by atoms with van der Waals surface area (Å²) in [7, 11) is 0. The number of amides is 1. The number of ether oxygens (including phenoxy) is 1. The summed E-state index contributed by atoms with van der Waals surface area (Å²) in [6, 6.07) is 1.79. The number of alkyl carbamates (subject to hydrolysis) is 1. The van der Waals surface area contributed by atoms with Crippen LogP contribution in [0.15, 0.2) is 23.0 Å². The average molecular weight is 183 g/mol. The monoisotopic (exact) mass is 183 g/mol. The fourth-order valence-electron chi connectivity index (χ4n) is 0.823. The standard InChI is InChI=1S/C9H13NO3/c1-7(2)13-9(11)10-5-8-3-4-12-6-8/h3-4,6-7H,5H2,1-2H3,(H,10,11). The van der Waals surface area contributed by atoms with E-state index in [1.165, 1.54) is 0 Å². The van der Waals surface area contributed by atoms with Crippen molar-refractivity contribution in [2.24, 2.45) is 0 Å². The Morgan fingerprint density at radius 1 is 1.69 bits per heavy atom. The Balaban J connectivity index is 2.23. The van der Waals surface area contributed by atoms with E-state index in [1.807, 2.05) is 0 Å². The van der Waals surface area contributed by atoms with Crippen molar-refractivity contribution in [2.75, 3.05) is 0 Å². The number of rotatable bonds is 3. The molecule has 0 bridgehead atoms. The van der Waals surface area contributed by atoms with Crippen molar-refractivity contribution in [2.45, 2.75) is 26.5 Å². The molecule has 0 saturated carbocycles. The van der Waals surface area contributed by atoms with Gasteiger partial charge in [0.05, 0.1) is 18.6 Å². The molecule has 0 fully saturated rings. The summed E-state index contributed by atoms with van der Waals surface area (Å²) in [5, 5.41) is 2.60. The molecule has 0 aliphatic carbocycles. The molecule has 0 atom stereocenters. The van der Waals surface area contributed by atoms with E-state index in [0.29, 0.717) is 6.54 Å². The Morgan fingerprint density at radius 3 is 3.00 bits per heavy atom. The van der Waals surface area contributed by atoms with Crippen LogP contribution in [0.5, 0.6) is 0 Å². The van der Waals surface area contributed by atoms with Crippen molar-refractivity contribution in [3.8, 4) is 0 Å². The lowest BCUT2D eigenvalue weighted by Crippen LogP contribution is -2.26. The van der Waals surface area contributed by atoms with Crippen molar-refractivity contribution in [3.05, 3.63) is 24.2 Å². The lowest BCUT2D eigenvalue weighted by molar-refractivity contribution is 0.115. The lowest BCUT2D eigenvalue weighted by atomic mass is 10.3. The van der Waals surface area contributed by atoms with Gasteiger partial charge in [-0.1, -0.05) is 0 Å². The van der Waals surface area contributed by atoms with E-state index in [9.17, 15) is 4.79 Å². The molecule has 1 amide bonds. The second kappa shape index (κ2) is 4.54. The molecule has 1 aromatic rings. The van der Waals surface area contributed by atoms with Gasteiger partial charge < -0.3 is 14.5 Å². The molecular weight excluding hydrogens is 170 g/mol. The molecule has 0 spiro atoms. The van der Waals surface area contributed by atoms with Crippen LogP contribution in [0.1, 0.15) is 19.4 Å². The first-order valence-electron chi connectivity index (χ1n) is 4.14. The van der Waals surface area contributed by atoms with Gasteiger partial charge in [0.25, 0.3) is 0 Å². The summed E-state index contributed by atoms with van der Waals surface area (Å²) in [5.74, 6) is 0. The predicted octanol–water partition coefficient (Wildman–Crippen LogP) is 1.91. The molecule has 1 rings (SSSR count). The number of furan rings is 1. The zero-order valence-corrected chi connectivity index (χ0v) is 7.74. The van der Waals surface area contributed by atoms with Crippen LogP contribution in [-0.2, 0) is 11.3 Å². The van der Waals surface area contributed by atoms with Gasteiger partial charge in [-0.25, -0.2) is 4.79 Å². The minimum atomic E-state index is -0.406. The third-order valence-corrected chi connectivity index (χ3v) is 1.36. The van der Waals surface area contributed by atoms with Crippen LogP contribution < -0.4 is 5.32 Å². The number of hydrogen-bond acceptors (Lipinski definition) is 3. The summed E-state index contributed by atoms with van der Waals surface area (Å²) >= 11 is 0. The Labute approximate surface area is 76.9 Å². The highest BCUT2D eigenvalue weighted by Crippen LogP contribution is 1.99. The van der Waals surface area contributed by atoms with Gasteiger partial charge in [-0.05, 0) is 19.9 Å². The highest BCUT2D eigenvalue weighted by atomic mass is 16.6. The van der Waals surface area contributed by atoms with E-state index in [1.54, 1.807) is 32.4 Å². The molecule has 1 aromatic heterocycles. The third-order valence-electron chi connectivity index (χ3n) is 1.36. The lowest BCUT2D eigenvalue weighted by Gasteiger charge is -2.08. The SMILES string of the molecule is CC(C)OC(=O)NCc1ccoc1. The maximum atomic E-state index is 11.0. The first kappa shape index (κ1) is 9.64. The van der Waals surface area contributed by atoms with Crippen LogP contribution in [-0.4, -0.2) is 12.2 Å². The Kier molecular flexibility index (Phi) is 3.37. The molecule has 4 nitrogen and oxygen atoms in total. The maximum absolute atomic E-state index is 11.0. The molecule has 4 heteroatoms. The zero-order chi connectivity index (χ0) is 9.68. The van der Waals surface area contributed by atoms with Crippen LogP contribution in [0, 0.1) is 0 Å². The number of carbonyl (C=O) groups is 1. The molecule has 0 unspecified atom stereocenters. The minimum absolute atomic E-state index is 0.0932. The molecule has 0 radical (unpaired) electrons. The van der Waals surface area contributed by atoms with Crippen LogP contribution in [0.4, 0.5) is 4.79 Å². The fourth-order valence-corrected chi connectivity index (χ4v) is 0.823. The van der Waals surface area contributed by atoms with Gasteiger partial charge in [0, 0.05) is 12.1 Å². The van der Waals surface area contributed by atoms with Crippen molar-refractivity contribution in [1.29, 1.82) is 0 Å². The summed E-state index contributed by atoms with van der Waals surface area (Å²) < 4.78 is 9.70. The summed E-state index contributed by atoms with van der Waals surface area (Å²) in [5.41, 5.74) is 0.917. The van der Waals surface area contributed by atoms with Crippen molar-refractivity contribution in [3.63, 3.8) is 0 Å². The van der Waals surface area contributed by atoms with Gasteiger partial charge in [0.2, 0.25) is 0 Å². The second-order valence-electron chi connectivity index (χ2n) is 2.94. The van der Waals surface area contributed by atoms with E-state index in [4.69, 9.17) is 9.15 Å². The molecule has 1 heterocycles. The largest absolute Gasteiger partial charge is 0.472 e. The first-order valence-corrected chi connectivity index (χ1v) is 4.14. The van der Waals surface area contributed by atoms with Crippen molar-refractivity contribution in [1.82, 2.24) is 5.32 Å². The van der Waals surface area contributed by atoms with E-state index >= 15 is 0 Å². The molecule has 0 aliphatic heterocycles. The van der Waals surface area contributed by atoms with Gasteiger partial charge in [-0.2, -0.15) is 0 Å². The molecule has 1 N–H and O–H groups in total. The van der Waals surface area contributed by atoms with Gasteiger partial charge in [-0.15, -0.1) is 0 Å². The molecular formula is C9H13NO3. The average Bonchev–Trinajstić information content (AvgIpc) is 2.51. The minimum Gasteiger partial charge on any atom is -0.472 e. The highest BCUT2D eigenvalue weighted by molar-refractivity contribution is 5.67. The molecule has 0 aliphatic rings. The zero-order valence-electron chi connectivity index (χ0n) is 7.74. The van der Waals surface area contributed by atoms with Crippen LogP contribution in [0.2, 0.25) is 0 Å². The molecule has 72 valence electrons. The van der Waals surface area contributed by atoms with E-state index < -0.39 is 6.09 Å². The first-order chi connectivity index (χ1) is 6.18. The second-order valence-corrected chi connectivity index (χ2v) is 2.94. The number of hydrogen-bond donors (Lipinski definition) is 1. The Hall–Kier alpha value is -1.45. The third kappa shape index (κ3) is 3.64.